The van der Waals surface area contributed by atoms with Crippen LogP contribution in [-0.4, -0.2) is 15.6 Å². The van der Waals surface area contributed by atoms with E-state index in [4.69, 9.17) is 11.6 Å². The lowest BCUT2D eigenvalue weighted by Gasteiger charge is -2.57. The third-order valence-electron chi connectivity index (χ3n) is 3.96. The average Bonchev–Trinajstić information content (AvgIpc) is 1.75. The Balaban J connectivity index is 1.98. The first-order chi connectivity index (χ1) is 5.57. The van der Waals surface area contributed by atoms with Crippen LogP contribution in [0.3, 0.4) is 0 Å². The van der Waals surface area contributed by atoms with Crippen LogP contribution in [0.2, 0.25) is 0 Å². The fourth-order valence-electron chi connectivity index (χ4n) is 4.10. The zero-order valence-corrected chi connectivity index (χ0v) is 7.98. The molecule has 0 aromatic rings. The molecule has 2 unspecified atom stereocenters. The highest BCUT2D eigenvalue weighted by atomic mass is 35.5. The van der Waals surface area contributed by atoms with Crippen molar-refractivity contribution in [3.63, 3.8) is 0 Å². The Bertz CT molecular complexity index is 192. The highest BCUT2D eigenvalue weighted by Crippen LogP contribution is 2.59. The normalized spacial score (nSPS) is 62.5. The van der Waals surface area contributed by atoms with E-state index in [9.17, 15) is 5.11 Å². The minimum absolute atomic E-state index is 0.0150. The molecule has 0 spiro atoms. The van der Waals surface area contributed by atoms with Gasteiger partial charge in [-0.15, -0.1) is 11.6 Å². The highest BCUT2D eigenvalue weighted by molar-refractivity contribution is 6.24. The lowest BCUT2D eigenvalue weighted by atomic mass is 9.54. The number of rotatable bonds is 0. The van der Waals surface area contributed by atoms with Gasteiger partial charge in [-0.1, -0.05) is 0 Å². The molecule has 4 saturated carbocycles. The van der Waals surface area contributed by atoms with Gasteiger partial charge in [0.05, 0.1) is 5.60 Å². The predicted octanol–water partition coefficient (Wildman–Crippen LogP) is 2.31. The Morgan fingerprint density at radius 1 is 1.08 bits per heavy atom. The topological polar surface area (TPSA) is 20.2 Å². The summed E-state index contributed by atoms with van der Waals surface area (Å²) in [5, 5.41) is 10.2. The Hall–Kier alpha value is 0.250. The van der Waals surface area contributed by atoms with Gasteiger partial charge in [0.25, 0.3) is 0 Å². The van der Waals surface area contributed by atoms with Crippen molar-refractivity contribution in [3.05, 3.63) is 0 Å². The third kappa shape index (κ3) is 0.958. The molecule has 4 fully saturated rings. The SMILES string of the molecule is OC12CC3CC(C1)CC(Cl)(C3)C2. The van der Waals surface area contributed by atoms with Crippen LogP contribution in [0, 0.1) is 11.8 Å². The predicted molar refractivity (Wildman–Crippen MR) is 48.2 cm³/mol. The van der Waals surface area contributed by atoms with E-state index in [0.29, 0.717) is 0 Å². The standard InChI is InChI=1S/C10H15ClO/c11-9-2-7-1-8(3-9)5-10(12,4-7)6-9/h7-8,12H,1-6H2. The van der Waals surface area contributed by atoms with Crippen LogP contribution in [0.25, 0.3) is 0 Å². The monoisotopic (exact) mass is 186 g/mol. The lowest BCUT2D eigenvalue weighted by molar-refractivity contribution is -0.115. The maximum atomic E-state index is 10.2. The molecule has 4 bridgehead atoms. The van der Waals surface area contributed by atoms with Crippen molar-refractivity contribution < 1.29 is 5.11 Å². The van der Waals surface area contributed by atoms with Crippen LogP contribution >= 0.6 is 11.6 Å². The van der Waals surface area contributed by atoms with Crippen LogP contribution in [0.5, 0.6) is 0 Å². The Kier molecular flexibility index (Phi) is 1.28. The summed E-state index contributed by atoms with van der Waals surface area (Å²) < 4.78 is 0. The number of halogens is 1. The van der Waals surface area contributed by atoms with Crippen LogP contribution in [0.4, 0.5) is 0 Å². The number of hydrogen-bond donors (Lipinski definition) is 1. The quantitative estimate of drug-likeness (QED) is 0.576. The van der Waals surface area contributed by atoms with Gasteiger partial charge in [-0.3, -0.25) is 0 Å². The Labute approximate surface area is 78.1 Å². The minimum Gasteiger partial charge on any atom is -0.390 e. The van der Waals surface area contributed by atoms with Gasteiger partial charge in [0.2, 0.25) is 0 Å². The largest absolute Gasteiger partial charge is 0.390 e. The van der Waals surface area contributed by atoms with Gasteiger partial charge >= 0.3 is 0 Å². The van der Waals surface area contributed by atoms with Crippen LogP contribution in [0.15, 0.2) is 0 Å². The molecular weight excluding hydrogens is 172 g/mol. The van der Waals surface area contributed by atoms with E-state index < -0.39 is 0 Å². The van der Waals surface area contributed by atoms with Crippen molar-refractivity contribution in [1.29, 1.82) is 0 Å². The number of aliphatic hydroxyl groups is 1. The molecule has 0 aromatic heterocycles. The van der Waals surface area contributed by atoms with Gasteiger partial charge in [0, 0.05) is 4.87 Å². The fourth-order valence-corrected chi connectivity index (χ4v) is 4.79. The second kappa shape index (κ2) is 2.01. The molecule has 0 aromatic carbocycles. The third-order valence-corrected chi connectivity index (χ3v) is 4.40. The highest BCUT2D eigenvalue weighted by Gasteiger charge is 2.56. The number of alkyl halides is 1. The summed E-state index contributed by atoms with van der Waals surface area (Å²) >= 11 is 6.46. The Morgan fingerprint density at radius 3 is 2.08 bits per heavy atom. The molecule has 4 rings (SSSR count). The van der Waals surface area contributed by atoms with Crippen molar-refractivity contribution in [2.24, 2.45) is 11.8 Å². The van der Waals surface area contributed by atoms with Gasteiger partial charge in [-0.25, -0.2) is 0 Å². The summed E-state index contributed by atoms with van der Waals surface area (Å²) in [4.78, 5) is -0.0150. The molecule has 0 heterocycles. The van der Waals surface area contributed by atoms with E-state index in [-0.39, 0.29) is 10.5 Å². The Morgan fingerprint density at radius 2 is 1.67 bits per heavy atom. The molecule has 0 amide bonds. The molecule has 0 saturated heterocycles. The smallest absolute Gasteiger partial charge is 0.0669 e. The maximum Gasteiger partial charge on any atom is 0.0669 e. The summed E-state index contributed by atoms with van der Waals surface area (Å²) in [6.07, 6.45) is 6.56. The molecule has 68 valence electrons. The van der Waals surface area contributed by atoms with Crippen molar-refractivity contribution >= 4 is 11.6 Å². The van der Waals surface area contributed by atoms with E-state index in [1.807, 2.05) is 0 Å². The molecule has 12 heavy (non-hydrogen) atoms. The molecule has 2 atom stereocenters. The molecule has 4 aliphatic rings. The molecule has 2 heteroatoms. The van der Waals surface area contributed by atoms with E-state index >= 15 is 0 Å². The first kappa shape index (κ1) is 7.64. The summed E-state index contributed by atoms with van der Waals surface area (Å²) in [5.41, 5.74) is -0.369. The second-order valence-corrected chi connectivity index (χ2v) is 6.14. The van der Waals surface area contributed by atoms with Gasteiger partial charge in [-0.2, -0.15) is 0 Å². The number of hydrogen-bond acceptors (Lipinski definition) is 1. The fraction of sp³-hybridized carbons (Fsp3) is 1.00. The van der Waals surface area contributed by atoms with Gasteiger partial charge < -0.3 is 5.11 Å². The zero-order chi connectivity index (χ0) is 8.40. The first-order valence-electron chi connectivity index (χ1n) is 4.98. The second-order valence-electron chi connectivity index (χ2n) is 5.34. The van der Waals surface area contributed by atoms with Gasteiger partial charge in [0.1, 0.15) is 0 Å². The van der Waals surface area contributed by atoms with Gasteiger partial charge in [0.15, 0.2) is 0 Å². The van der Waals surface area contributed by atoms with Crippen molar-refractivity contribution in [2.45, 2.75) is 49.0 Å². The lowest BCUT2D eigenvalue weighted by Crippen LogP contribution is -2.56. The van der Waals surface area contributed by atoms with E-state index in [0.717, 1.165) is 43.9 Å². The molecule has 1 nitrogen and oxygen atoms in total. The summed E-state index contributed by atoms with van der Waals surface area (Å²) in [6.45, 7) is 0. The molecule has 0 aliphatic heterocycles. The molecular formula is C10H15ClO. The maximum absolute atomic E-state index is 10.2. The van der Waals surface area contributed by atoms with E-state index in [1.54, 1.807) is 0 Å². The van der Waals surface area contributed by atoms with E-state index in [1.165, 1.54) is 6.42 Å². The van der Waals surface area contributed by atoms with Crippen LogP contribution < -0.4 is 0 Å². The van der Waals surface area contributed by atoms with Crippen LogP contribution in [0.1, 0.15) is 38.5 Å². The van der Waals surface area contributed by atoms with Crippen molar-refractivity contribution in [1.82, 2.24) is 0 Å². The summed E-state index contributed by atoms with van der Waals surface area (Å²) in [5.74, 6) is 1.46. The first-order valence-corrected chi connectivity index (χ1v) is 5.36. The molecule has 1 N–H and O–H groups in total. The van der Waals surface area contributed by atoms with Crippen molar-refractivity contribution in [3.8, 4) is 0 Å². The van der Waals surface area contributed by atoms with E-state index in [2.05, 4.69) is 0 Å². The van der Waals surface area contributed by atoms with Crippen LogP contribution in [-0.2, 0) is 0 Å². The summed E-state index contributed by atoms with van der Waals surface area (Å²) in [7, 11) is 0. The minimum atomic E-state index is -0.369. The molecule has 0 radical (unpaired) electrons. The summed E-state index contributed by atoms with van der Waals surface area (Å²) in [6, 6.07) is 0. The average molecular weight is 187 g/mol. The van der Waals surface area contributed by atoms with Crippen molar-refractivity contribution in [2.75, 3.05) is 0 Å². The van der Waals surface area contributed by atoms with Gasteiger partial charge in [-0.05, 0) is 50.4 Å². The molecule has 4 aliphatic carbocycles. The zero-order valence-electron chi connectivity index (χ0n) is 7.22.